The summed E-state index contributed by atoms with van der Waals surface area (Å²) in [6, 6.07) is 8.75. The minimum Gasteiger partial charge on any atom is -0.308 e. The van der Waals surface area contributed by atoms with Gasteiger partial charge in [-0.2, -0.15) is 0 Å². The topological polar surface area (TPSA) is 50.4 Å². The number of aliphatic imine (C=N–C) groups is 1. The van der Waals surface area contributed by atoms with E-state index in [0.29, 0.717) is 6.04 Å². The average molecular weight is 203 g/mol. The Kier molecular flexibility index (Phi) is 3.02. The van der Waals surface area contributed by atoms with Crippen molar-refractivity contribution < 1.29 is 0 Å². The van der Waals surface area contributed by atoms with Gasteiger partial charge in [-0.15, -0.1) is 0 Å². The Balaban J connectivity index is 2.32. The fourth-order valence-corrected chi connectivity index (χ4v) is 1.63. The van der Waals surface area contributed by atoms with Gasteiger partial charge >= 0.3 is 0 Å². The molecule has 0 atom stereocenters. The Morgan fingerprint density at radius 2 is 2.20 bits per heavy atom. The van der Waals surface area contributed by atoms with Crippen LogP contribution in [0.1, 0.15) is 30.9 Å². The summed E-state index contributed by atoms with van der Waals surface area (Å²) in [5.74, 6) is 6.35. The van der Waals surface area contributed by atoms with Crippen LogP contribution < -0.4 is 11.3 Å². The van der Waals surface area contributed by atoms with Crippen molar-refractivity contribution in [2.75, 3.05) is 0 Å². The molecule has 0 heterocycles. The molecular formula is C12H17N3. The Labute approximate surface area is 90.4 Å². The number of benzene rings is 1. The molecule has 0 bridgehead atoms. The van der Waals surface area contributed by atoms with E-state index in [2.05, 4.69) is 29.5 Å². The zero-order chi connectivity index (χ0) is 10.7. The van der Waals surface area contributed by atoms with Gasteiger partial charge in [-0.1, -0.05) is 31.2 Å². The van der Waals surface area contributed by atoms with Crippen LogP contribution in [0.5, 0.6) is 0 Å². The first-order valence-electron chi connectivity index (χ1n) is 5.47. The molecule has 3 nitrogen and oxygen atoms in total. The van der Waals surface area contributed by atoms with Crippen LogP contribution in [0.3, 0.4) is 0 Å². The lowest BCUT2D eigenvalue weighted by molar-refractivity contribution is 0.965. The van der Waals surface area contributed by atoms with E-state index in [-0.39, 0.29) is 0 Å². The molecule has 80 valence electrons. The van der Waals surface area contributed by atoms with Gasteiger partial charge in [0.2, 0.25) is 0 Å². The number of nitrogens with two attached hydrogens (primary N) is 1. The van der Waals surface area contributed by atoms with Crippen LogP contribution in [0.25, 0.3) is 0 Å². The van der Waals surface area contributed by atoms with Crippen LogP contribution in [0.2, 0.25) is 0 Å². The van der Waals surface area contributed by atoms with E-state index < -0.39 is 0 Å². The molecule has 0 aromatic heterocycles. The molecule has 1 saturated carbocycles. The monoisotopic (exact) mass is 203 g/mol. The Hall–Kier alpha value is -1.35. The van der Waals surface area contributed by atoms with E-state index in [1.54, 1.807) is 0 Å². The van der Waals surface area contributed by atoms with Crippen molar-refractivity contribution in [1.82, 2.24) is 5.43 Å². The minimum absolute atomic E-state index is 0.487. The lowest BCUT2D eigenvalue weighted by Gasteiger charge is -2.10. The maximum atomic E-state index is 5.52. The molecule has 0 spiro atoms. The summed E-state index contributed by atoms with van der Waals surface area (Å²) >= 11 is 0. The van der Waals surface area contributed by atoms with Crippen molar-refractivity contribution >= 4 is 5.84 Å². The molecule has 0 radical (unpaired) electrons. The summed E-state index contributed by atoms with van der Waals surface area (Å²) in [6.45, 7) is 2.14. The zero-order valence-corrected chi connectivity index (χ0v) is 9.03. The van der Waals surface area contributed by atoms with Gasteiger partial charge in [0.25, 0.3) is 0 Å². The summed E-state index contributed by atoms with van der Waals surface area (Å²) in [4.78, 5) is 4.57. The van der Waals surface area contributed by atoms with Gasteiger partial charge in [-0.05, 0) is 24.8 Å². The molecule has 0 saturated heterocycles. The molecule has 1 aliphatic rings. The van der Waals surface area contributed by atoms with Crippen molar-refractivity contribution in [2.24, 2.45) is 10.8 Å². The summed E-state index contributed by atoms with van der Waals surface area (Å²) in [6.07, 6.45) is 3.39. The normalized spacial score (nSPS) is 16.5. The number of hydrazine groups is 1. The third kappa shape index (κ3) is 2.36. The molecule has 0 unspecified atom stereocenters. The van der Waals surface area contributed by atoms with Crippen LogP contribution >= 0.6 is 0 Å². The first kappa shape index (κ1) is 10.2. The van der Waals surface area contributed by atoms with Crippen LogP contribution in [0.15, 0.2) is 29.3 Å². The first-order valence-corrected chi connectivity index (χ1v) is 5.47. The summed E-state index contributed by atoms with van der Waals surface area (Å²) in [5, 5.41) is 0. The van der Waals surface area contributed by atoms with Crippen molar-refractivity contribution in [3.05, 3.63) is 35.4 Å². The number of nitrogens with zero attached hydrogens (tertiary/aromatic N) is 1. The van der Waals surface area contributed by atoms with Crippen LogP contribution in [0, 0.1) is 0 Å². The molecule has 1 aromatic rings. The lowest BCUT2D eigenvalue weighted by Crippen LogP contribution is -2.32. The van der Waals surface area contributed by atoms with Crippen molar-refractivity contribution in [2.45, 2.75) is 32.2 Å². The highest BCUT2D eigenvalue weighted by Crippen LogP contribution is 2.24. The molecule has 15 heavy (non-hydrogen) atoms. The van der Waals surface area contributed by atoms with E-state index in [1.807, 2.05) is 12.1 Å². The van der Waals surface area contributed by atoms with Crippen molar-refractivity contribution in [1.29, 1.82) is 0 Å². The molecule has 3 heteroatoms. The van der Waals surface area contributed by atoms with Gasteiger partial charge in [-0.25, -0.2) is 5.84 Å². The van der Waals surface area contributed by atoms with Gasteiger partial charge in [0.05, 0.1) is 6.04 Å². The molecule has 0 amide bonds. The number of hydrogen-bond acceptors (Lipinski definition) is 2. The zero-order valence-electron chi connectivity index (χ0n) is 9.03. The van der Waals surface area contributed by atoms with Gasteiger partial charge < -0.3 is 5.43 Å². The maximum absolute atomic E-state index is 5.52. The number of nitrogens with one attached hydrogen (secondary N) is 1. The number of aryl methyl sites for hydroxylation is 1. The fraction of sp³-hybridized carbons (Fsp3) is 0.417. The molecule has 1 aromatic carbocycles. The van der Waals surface area contributed by atoms with Crippen molar-refractivity contribution in [3.8, 4) is 0 Å². The highest BCUT2D eigenvalue weighted by molar-refractivity contribution is 5.99. The Bertz CT molecular complexity index is 367. The Morgan fingerprint density at radius 1 is 1.47 bits per heavy atom. The van der Waals surface area contributed by atoms with E-state index >= 15 is 0 Å². The van der Waals surface area contributed by atoms with E-state index in [1.165, 1.54) is 18.4 Å². The van der Waals surface area contributed by atoms with Crippen LogP contribution in [-0.4, -0.2) is 11.9 Å². The maximum Gasteiger partial charge on any atom is 0.143 e. The number of amidine groups is 1. The molecule has 1 fully saturated rings. The smallest absolute Gasteiger partial charge is 0.143 e. The van der Waals surface area contributed by atoms with Gasteiger partial charge in [0.15, 0.2) is 0 Å². The largest absolute Gasteiger partial charge is 0.308 e. The van der Waals surface area contributed by atoms with E-state index in [9.17, 15) is 0 Å². The molecule has 0 aliphatic heterocycles. The van der Waals surface area contributed by atoms with Gasteiger partial charge in [-0.3, -0.25) is 4.99 Å². The van der Waals surface area contributed by atoms with E-state index in [0.717, 1.165) is 17.8 Å². The predicted molar refractivity (Wildman–Crippen MR) is 62.7 cm³/mol. The molecular weight excluding hydrogens is 186 g/mol. The third-order valence-electron chi connectivity index (χ3n) is 2.65. The summed E-state index contributed by atoms with van der Waals surface area (Å²) < 4.78 is 0. The average Bonchev–Trinajstić information content (AvgIpc) is 3.10. The summed E-state index contributed by atoms with van der Waals surface area (Å²) in [7, 11) is 0. The second-order valence-electron chi connectivity index (χ2n) is 3.86. The van der Waals surface area contributed by atoms with Crippen LogP contribution in [-0.2, 0) is 6.42 Å². The quantitative estimate of drug-likeness (QED) is 0.339. The lowest BCUT2D eigenvalue weighted by atomic mass is 10.0. The predicted octanol–water partition coefficient (Wildman–Crippen LogP) is 1.62. The fourth-order valence-electron chi connectivity index (χ4n) is 1.63. The number of rotatable bonds is 3. The minimum atomic E-state index is 0.487. The third-order valence-corrected chi connectivity index (χ3v) is 2.65. The second-order valence-corrected chi connectivity index (χ2v) is 3.86. The molecule has 2 rings (SSSR count). The standard InChI is InChI=1S/C12H17N3/c1-2-9-5-3-4-6-11(9)12(15-13)14-10-7-8-10/h3-6,10H,2,7-8,13H2,1H3,(H,14,15). The van der Waals surface area contributed by atoms with Crippen LogP contribution in [0.4, 0.5) is 0 Å². The van der Waals surface area contributed by atoms with Gasteiger partial charge in [0.1, 0.15) is 5.84 Å². The highest BCUT2D eigenvalue weighted by atomic mass is 15.3. The first-order chi connectivity index (χ1) is 7.35. The SMILES string of the molecule is CCc1ccccc1C(=NC1CC1)NN. The molecule has 3 N–H and O–H groups in total. The number of hydrogen-bond donors (Lipinski definition) is 2. The highest BCUT2D eigenvalue weighted by Gasteiger charge is 2.21. The summed E-state index contributed by atoms with van der Waals surface area (Å²) in [5.41, 5.74) is 5.14. The van der Waals surface area contributed by atoms with Crippen molar-refractivity contribution in [3.63, 3.8) is 0 Å². The Morgan fingerprint density at radius 3 is 2.80 bits per heavy atom. The van der Waals surface area contributed by atoms with Gasteiger partial charge in [0, 0.05) is 5.56 Å². The molecule has 1 aliphatic carbocycles. The van der Waals surface area contributed by atoms with E-state index in [4.69, 9.17) is 5.84 Å². The second kappa shape index (κ2) is 4.45.